The van der Waals surface area contributed by atoms with Crippen LogP contribution in [0.4, 0.5) is 0 Å². The molecule has 4 heteroatoms. The Labute approximate surface area is 121 Å². The first-order valence-corrected chi connectivity index (χ1v) is 6.50. The number of aromatic carboxylic acids is 1. The summed E-state index contributed by atoms with van der Waals surface area (Å²) in [4.78, 5) is 11.1. The van der Waals surface area contributed by atoms with Gasteiger partial charge in [0.05, 0.1) is 18.2 Å². The number of aryl methyl sites for hydroxylation is 1. The number of carbonyl (C=O) groups is 1. The fourth-order valence-corrected chi connectivity index (χ4v) is 2.33. The van der Waals surface area contributed by atoms with Crippen LogP contribution in [0.25, 0.3) is 22.3 Å². The fourth-order valence-electron chi connectivity index (χ4n) is 2.33. The maximum Gasteiger partial charge on any atom is 0.335 e. The minimum atomic E-state index is -0.981. The van der Waals surface area contributed by atoms with Crippen LogP contribution in [0.3, 0.4) is 0 Å². The van der Waals surface area contributed by atoms with Crippen molar-refractivity contribution in [2.24, 2.45) is 0 Å². The summed E-state index contributed by atoms with van der Waals surface area (Å²) in [5, 5.41) is 10.1. The predicted octanol–water partition coefficient (Wildman–Crippen LogP) is 4.12. The van der Waals surface area contributed by atoms with Crippen molar-refractivity contribution in [3.05, 3.63) is 53.6 Å². The van der Waals surface area contributed by atoms with Gasteiger partial charge in [-0.1, -0.05) is 11.6 Å². The predicted molar refractivity (Wildman–Crippen MR) is 79.9 cm³/mol. The number of rotatable bonds is 3. The summed E-state index contributed by atoms with van der Waals surface area (Å²) >= 11 is 0. The molecule has 1 heterocycles. The van der Waals surface area contributed by atoms with Crippen molar-refractivity contribution in [2.45, 2.75) is 6.92 Å². The van der Waals surface area contributed by atoms with E-state index in [0.29, 0.717) is 17.1 Å². The molecular weight excluding hydrogens is 268 g/mol. The monoisotopic (exact) mass is 282 g/mol. The van der Waals surface area contributed by atoms with Gasteiger partial charge in [-0.3, -0.25) is 0 Å². The normalized spacial score (nSPS) is 10.8. The summed E-state index contributed by atoms with van der Waals surface area (Å²) in [6, 6.07) is 12.5. The molecule has 3 aromatic rings. The zero-order valence-electron chi connectivity index (χ0n) is 11.7. The molecule has 0 amide bonds. The van der Waals surface area contributed by atoms with Crippen molar-refractivity contribution in [3.63, 3.8) is 0 Å². The summed E-state index contributed by atoms with van der Waals surface area (Å²) in [5.74, 6) is 0.192. The summed E-state index contributed by atoms with van der Waals surface area (Å²) in [6.45, 7) is 2.01. The Hall–Kier alpha value is -2.75. The van der Waals surface area contributed by atoms with Gasteiger partial charge in [0.2, 0.25) is 0 Å². The van der Waals surface area contributed by atoms with Crippen molar-refractivity contribution in [3.8, 4) is 17.1 Å². The highest BCUT2D eigenvalue weighted by molar-refractivity contribution is 5.91. The Morgan fingerprint density at radius 3 is 2.67 bits per heavy atom. The van der Waals surface area contributed by atoms with Gasteiger partial charge in [-0.05, 0) is 43.3 Å². The first kappa shape index (κ1) is 13.2. The van der Waals surface area contributed by atoms with Crippen LogP contribution in [0.2, 0.25) is 0 Å². The zero-order valence-corrected chi connectivity index (χ0v) is 11.7. The van der Waals surface area contributed by atoms with Gasteiger partial charge in [-0.15, -0.1) is 0 Å². The van der Waals surface area contributed by atoms with E-state index in [4.69, 9.17) is 14.3 Å². The molecule has 106 valence electrons. The molecule has 0 spiro atoms. The molecule has 4 nitrogen and oxygen atoms in total. The Bertz CT molecular complexity index is 830. The van der Waals surface area contributed by atoms with Gasteiger partial charge in [0.15, 0.2) is 0 Å². The molecular formula is C17H14O4. The van der Waals surface area contributed by atoms with E-state index in [1.807, 2.05) is 31.2 Å². The third-order valence-electron chi connectivity index (χ3n) is 3.38. The molecule has 0 unspecified atom stereocenters. The topological polar surface area (TPSA) is 59.7 Å². The fraction of sp³-hybridized carbons (Fsp3) is 0.118. The second-order valence-corrected chi connectivity index (χ2v) is 4.87. The van der Waals surface area contributed by atoms with Crippen LogP contribution >= 0.6 is 0 Å². The van der Waals surface area contributed by atoms with Gasteiger partial charge in [-0.25, -0.2) is 4.79 Å². The molecule has 0 radical (unpaired) electrons. The lowest BCUT2D eigenvalue weighted by molar-refractivity contribution is 0.0697. The largest absolute Gasteiger partial charge is 0.496 e. The minimum absolute atomic E-state index is 0.197. The lowest BCUT2D eigenvalue weighted by Crippen LogP contribution is -1.97. The van der Waals surface area contributed by atoms with E-state index < -0.39 is 5.97 Å². The van der Waals surface area contributed by atoms with E-state index in [1.165, 1.54) is 6.07 Å². The highest BCUT2D eigenvalue weighted by Gasteiger charge is 2.14. The molecule has 0 bridgehead atoms. The maximum atomic E-state index is 11.1. The number of methoxy groups -OCH3 is 1. The van der Waals surface area contributed by atoms with Crippen LogP contribution in [-0.4, -0.2) is 18.2 Å². The molecule has 1 N–H and O–H groups in total. The van der Waals surface area contributed by atoms with Crippen molar-refractivity contribution >= 4 is 16.9 Å². The van der Waals surface area contributed by atoms with E-state index >= 15 is 0 Å². The molecule has 0 saturated heterocycles. The van der Waals surface area contributed by atoms with E-state index in [9.17, 15) is 4.79 Å². The molecule has 0 aliphatic carbocycles. The highest BCUT2D eigenvalue weighted by Crippen LogP contribution is 2.35. The van der Waals surface area contributed by atoms with Crippen LogP contribution in [0.5, 0.6) is 5.75 Å². The van der Waals surface area contributed by atoms with Crippen LogP contribution in [0.15, 0.2) is 46.9 Å². The summed E-state index contributed by atoms with van der Waals surface area (Å²) in [7, 11) is 1.55. The molecule has 1 aromatic heterocycles. The lowest BCUT2D eigenvalue weighted by atomic mass is 10.1. The van der Waals surface area contributed by atoms with Crippen molar-refractivity contribution < 1.29 is 19.1 Å². The average molecular weight is 282 g/mol. The molecule has 0 atom stereocenters. The number of furan rings is 1. The average Bonchev–Trinajstić information content (AvgIpc) is 2.89. The number of carboxylic acid groups (broad SMARTS) is 1. The summed E-state index contributed by atoms with van der Waals surface area (Å²) in [6.07, 6.45) is 0. The van der Waals surface area contributed by atoms with Crippen LogP contribution in [-0.2, 0) is 0 Å². The molecule has 0 saturated carbocycles. The van der Waals surface area contributed by atoms with E-state index in [0.717, 1.165) is 16.5 Å². The van der Waals surface area contributed by atoms with Crippen LogP contribution in [0, 0.1) is 6.92 Å². The van der Waals surface area contributed by atoms with Crippen molar-refractivity contribution in [2.75, 3.05) is 7.11 Å². The smallest absolute Gasteiger partial charge is 0.335 e. The zero-order chi connectivity index (χ0) is 15.0. The van der Waals surface area contributed by atoms with Crippen molar-refractivity contribution in [1.82, 2.24) is 0 Å². The second-order valence-electron chi connectivity index (χ2n) is 4.87. The van der Waals surface area contributed by atoms with Gasteiger partial charge in [0.1, 0.15) is 17.1 Å². The Morgan fingerprint density at radius 1 is 1.14 bits per heavy atom. The van der Waals surface area contributed by atoms with E-state index in [2.05, 4.69) is 0 Å². The number of hydrogen-bond acceptors (Lipinski definition) is 3. The maximum absolute atomic E-state index is 11.1. The SMILES string of the molecule is COc1ccc(C(=O)O)cc1-c1cc2cc(C)ccc2o1. The van der Waals surface area contributed by atoms with Gasteiger partial charge >= 0.3 is 5.97 Å². The third-order valence-corrected chi connectivity index (χ3v) is 3.38. The molecule has 3 rings (SSSR count). The Balaban J connectivity index is 2.20. The Morgan fingerprint density at radius 2 is 1.95 bits per heavy atom. The van der Waals surface area contributed by atoms with Gasteiger partial charge in [-0.2, -0.15) is 0 Å². The van der Waals surface area contributed by atoms with Gasteiger partial charge in [0.25, 0.3) is 0 Å². The molecule has 0 fully saturated rings. The van der Waals surface area contributed by atoms with E-state index in [1.54, 1.807) is 19.2 Å². The summed E-state index contributed by atoms with van der Waals surface area (Å²) in [5.41, 5.74) is 2.73. The second kappa shape index (κ2) is 4.98. The standard InChI is InChI=1S/C17H14O4/c1-10-3-5-14-12(7-10)9-16(21-14)13-8-11(17(18)19)4-6-15(13)20-2/h3-9H,1-2H3,(H,18,19). The lowest BCUT2D eigenvalue weighted by Gasteiger charge is -2.06. The molecule has 2 aromatic carbocycles. The number of ether oxygens (including phenoxy) is 1. The number of carboxylic acids is 1. The summed E-state index contributed by atoms with van der Waals surface area (Å²) < 4.78 is 11.1. The quantitative estimate of drug-likeness (QED) is 0.785. The van der Waals surface area contributed by atoms with Gasteiger partial charge < -0.3 is 14.3 Å². The van der Waals surface area contributed by atoms with E-state index in [-0.39, 0.29) is 5.56 Å². The Kier molecular flexibility index (Phi) is 3.14. The molecule has 21 heavy (non-hydrogen) atoms. The number of benzene rings is 2. The first-order chi connectivity index (χ1) is 10.1. The third kappa shape index (κ3) is 2.36. The van der Waals surface area contributed by atoms with Crippen molar-refractivity contribution in [1.29, 1.82) is 0 Å². The van der Waals surface area contributed by atoms with Gasteiger partial charge in [0, 0.05) is 5.39 Å². The molecule has 0 aliphatic heterocycles. The highest BCUT2D eigenvalue weighted by atomic mass is 16.5. The minimum Gasteiger partial charge on any atom is -0.496 e. The first-order valence-electron chi connectivity index (χ1n) is 6.50. The number of hydrogen-bond donors (Lipinski definition) is 1. The van der Waals surface area contributed by atoms with Crippen LogP contribution in [0.1, 0.15) is 15.9 Å². The van der Waals surface area contributed by atoms with Crippen LogP contribution < -0.4 is 4.74 Å². The number of fused-ring (bicyclic) bond motifs is 1. The molecule has 0 aliphatic rings.